The van der Waals surface area contributed by atoms with E-state index in [1.807, 2.05) is 50.8 Å². The van der Waals surface area contributed by atoms with Crippen molar-refractivity contribution >= 4 is 11.4 Å². The molecule has 27 heavy (non-hydrogen) atoms. The quantitative estimate of drug-likeness (QED) is 0.535. The van der Waals surface area contributed by atoms with Crippen LogP contribution >= 0.6 is 0 Å². The van der Waals surface area contributed by atoms with Crippen LogP contribution in [0.15, 0.2) is 60.9 Å². The van der Waals surface area contributed by atoms with E-state index in [0.717, 1.165) is 45.4 Å². The maximum absolute atomic E-state index is 6.27. The van der Waals surface area contributed by atoms with Crippen molar-refractivity contribution in [2.45, 2.75) is 0 Å². The van der Waals surface area contributed by atoms with Crippen molar-refractivity contribution in [3.63, 3.8) is 0 Å². The molecule has 1 aliphatic heterocycles. The largest absolute Gasteiger partial charge is 0.453 e. The van der Waals surface area contributed by atoms with E-state index in [9.17, 15) is 0 Å². The first-order chi connectivity index (χ1) is 13.1. The van der Waals surface area contributed by atoms with Gasteiger partial charge in [0.25, 0.3) is 0 Å². The molecule has 0 unspecified atom stereocenters. The Hall–Kier alpha value is -3.54. The number of fused-ring (bicyclic) bond motifs is 2. The number of hydrogen-bond donors (Lipinski definition) is 0. The van der Waals surface area contributed by atoms with Crippen LogP contribution in [-0.2, 0) is 14.1 Å². The SMILES string of the molecule is CN1c2ccc(-c3ccn(C)n3)cc2Oc2cc(-c3ccn(C)n3)ccc21. The van der Waals surface area contributed by atoms with Crippen molar-refractivity contribution < 1.29 is 4.74 Å². The van der Waals surface area contributed by atoms with Crippen molar-refractivity contribution in [1.82, 2.24) is 19.6 Å². The van der Waals surface area contributed by atoms with Crippen molar-refractivity contribution in [2.24, 2.45) is 14.1 Å². The van der Waals surface area contributed by atoms with Crippen LogP contribution in [-0.4, -0.2) is 26.6 Å². The Labute approximate surface area is 157 Å². The van der Waals surface area contributed by atoms with Gasteiger partial charge in [-0.1, -0.05) is 12.1 Å². The standard InChI is InChI=1S/C21H19N5O/c1-24-10-8-16(22-24)14-4-6-18-20(12-14)27-21-13-15(5-7-19(21)26(18)3)17-9-11-25(2)23-17/h4-13H,1-3H3. The van der Waals surface area contributed by atoms with Gasteiger partial charge in [0.15, 0.2) is 11.5 Å². The number of aryl methyl sites for hydroxylation is 2. The summed E-state index contributed by atoms with van der Waals surface area (Å²) in [7, 11) is 5.89. The van der Waals surface area contributed by atoms with Crippen LogP contribution in [0.5, 0.6) is 11.5 Å². The van der Waals surface area contributed by atoms with Gasteiger partial charge in [-0.3, -0.25) is 9.36 Å². The number of anilines is 2. The summed E-state index contributed by atoms with van der Waals surface area (Å²) in [4.78, 5) is 2.15. The summed E-state index contributed by atoms with van der Waals surface area (Å²) in [6, 6.07) is 16.4. The lowest BCUT2D eigenvalue weighted by Gasteiger charge is -2.30. The van der Waals surface area contributed by atoms with Gasteiger partial charge < -0.3 is 9.64 Å². The Kier molecular flexibility index (Phi) is 3.33. The predicted octanol–water partition coefficient (Wildman–Crippen LogP) is 4.36. The summed E-state index contributed by atoms with van der Waals surface area (Å²) >= 11 is 0. The van der Waals surface area contributed by atoms with Crippen LogP contribution in [0.25, 0.3) is 22.5 Å². The van der Waals surface area contributed by atoms with Gasteiger partial charge >= 0.3 is 0 Å². The molecule has 2 aromatic carbocycles. The molecule has 0 amide bonds. The minimum Gasteiger partial charge on any atom is -0.453 e. The molecule has 0 saturated heterocycles. The second-order valence-electron chi connectivity index (χ2n) is 6.78. The molecule has 6 heteroatoms. The van der Waals surface area contributed by atoms with Crippen LogP contribution in [0, 0.1) is 0 Å². The lowest BCUT2D eigenvalue weighted by molar-refractivity contribution is 0.476. The minimum absolute atomic E-state index is 0.825. The van der Waals surface area contributed by atoms with Gasteiger partial charge in [0.2, 0.25) is 0 Å². The molecule has 0 N–H and O–H groups in total. The third-order valence-corrected chi connectivity index (χ3v) is 4.88. The average Bonchev–Trinajstić information content (AvgIpc) is 3.29. The third-order valence-electron chi connectivity index (χ3n) is 4.88. The van der Waals surface area contributed by atoms with Crippen LogP contribution in [0.3, 0.4) is 0 Å². The zero-order valence-corrected chi connectivity index (χ0v) is 15.4. The van der Waals surface area contributed by atoms with E-state index in [1.54, 1.807) is 9.36 Å². The highest BCUT2D eigenvalue weighted by molar-refractivity contribution is 5.82. The fraction of sp³-hybridized carbons (Fsp3) is 0.143. The Morgan fingerprint density at radius 1 is 0.667 bits per heavy atom. The number of rotatable bonds is 2. The maximum atomic E-state index is 6.27. The number of aromatic nitrogens is 4. The summed E-state index contributed by atoms with van der Waals surface area (Å²) < 4.78 is 9.88. The molecular weight excluding hydrogens is 338 g/mol. The lowest BCUT2D eigenvalue weighted by atomic mass is 10.1. The van der Waals surface area contributed by atoms with E-state index >= 15 is 0 Å². The van der Waals surface area contributed by atoms with Gasteiger partial charge in [0, 0.05) is 44.7 Å². The summed E-state index contributed by atoms with van der Waals surface area (Å²) in [6.45, 7) is 0. The van der Waals surface area contributed by atoms with E-state index in [1.165, 1.54) is 0 Å². The summed E-state index contributed by atoms with van der Waals surface area (Å²) in [5, 5.41) is 8.97. The van der Waals surface area contributed by atoms with E-state index in [2.05, 4.69) is 46.4 Å². The lowest BCUT2D eigenvalue weighted by Crippen LogP contribution is -2.15. The van der Waals surface area contributed by atoms with E-state index in [4.69, 9.17) is 4.74 Å². The number of hydrogen-bond acceptors (Lipinski definition) is 4. The van der Waals surface area contributed by atoms with E-state index < -0.39 is 0 Å². The highest BCUT2D eigenvalue weighted by atomic mass is 16.5. The van der Waals surface area contributed by atoms with Crippen LogP contribution in [0.4, 0.5) is 11.4 Å². The molecular formula is C21H19N5O. The Morgan fingerprint density at radius 3 is 1.56 bits per heavy atom. The molecule has 4 aromatic rings. The second-order valence-corrected chi connectivity index (χ2v) is 6.78. The zero-order valence-electron chi connectivity index (χ0n) is 15.4. The summed E-state index contributed by atoms with van der Waals surface area (Å²) in [5.74, 6) is 1.65. The molecule has 3 heterocycles. The summed E-state index contributed by atoms with van der Waals surface area (Å²) in [6.07, 6.45) is 3.88. The Morgan fingerprint density at radius 2 is 1.15 bits per heavy atom. The fourth-order valence-electron chi connectivity index (χ4n) is 3.45. The predicted molar refractivity (Wildman–Crippen MR) is 105 cm³/mol. The molecule has 1 aliphatic rings. The third kappa shape index (κ3) is 2.57. The first kappa shape index (κ1) is 15.7. The van der Waals surface area contributed by atoms with Crippen molar-refractivity contribution in [3.05, 3.63) is 60.9 Å². The summed E-state index contributed by atoms with van der Waals surface area (Å²) in [5.41, 5.74) is 6.00. The molecule has 134 valence electrons. The minimum atomic E-state index is 0.825. The molecule has 0 radical (unpaired) electrons. The number of benzene rings is 2. The highest BCUT2D eigenvalue weighted by Gasteiger charge is 2.23. The fourth-order valence-corrected chi connectivity index (χ4v) is 3.45. The number of nitrogens with zero attached hydrogens (tertiary/aromatic N) is 5. The van der Waals surface area contributed by atoms with Crippen LogP contribution in [0.2, 0.25) is 0 Å². The normalized spacial score (nSPS) is 12.5. The maximum Gasteiger partial charge on any atom is 0.151 e. The molecule has 2 aromatic heterocycles. The van der Waals surface area contributed by atoms with Crippen molar-refractivity contribution in [3.8, 4) is 34.0 Å². The van der Waals surface area contributed by atoms with Gasteiger partial charge in [0.1, 0.15) is 0 Å². The van der Waals surface area contributed by atoms with Crippen molar-refractivity contribution in [2.75, 3.05) is 11.9 Å². The molecule has 0 aliphatic carbocycles. The first-order valence-electron chi connectivity index (χ1n) is 8.78. The highest BCUT2D eigenvalue weighted by Crippen LogP contribution is 2.47. The molecule has 0 spiro atoms. The molecule has 0 atom stereocenters. The van der Waals surface area contributed by atoms with Gasteiger partial charge in [-0.05, 0) is 36.4 Å². The van der Waals surface area contributed by atoms with Crippen molar-refractivity contribution in [1.29, 1.82) is 0 Å². The van der Waals surface area contributed by atoms with Crippen LogP contribution < -0.4 is 9.64 Å². The Balaban J connectivity index is 1.56. The molecule has 0 fully saturated rings. The average molecular weight is 357 g/mol. The smallest absolute Gasteiger partial charge is 0.151 e. The Bertz CT molecular complexity index is 1070. The van der Waals surface area contributed by atoms with E-state index in [0.29, 0.717) is 0 Å². The zero-order chi connectivity index (χ0) is 18.5. The van der Waals surface area contributed by atoms with Gasteiger partial charge in [0.05, 0.1) is 22.8 Å². The topological polar surface area (TPSA) is 48.1 Å². The van der Waals surface area contributed by atoms with Crippen LogP contribution in [0.1, 0.15) is 0 Å². The first-order valence-corrected chi connectivity index (χ1v) is 8.78. The molecule has 0 saturated carbocycles. The number of ether oxygens (including phenoxy) is 1. The monoisotopic (exact) mass is 357 g/mol. The van der Waals surface area contributed by atoms with E-state index in [-0.39, 0.29) is 0 Å². The molecule has 0 bridgehead atoms. The van der Waals surface area contributed by atoms with Gasteiger partial charge in [-0.2, -0.15) is 10.2 Å². The second kappa shape index (κ2) is 5.74. The van der Waals surface area contributed by atoms with Gasteiger partial charge in [-0.25, -0.2) is 0 Å². The molecule has 5 rings (SSSR count). The molecule has 6 nitrogen and oxygen atoms in total. The van der Waals surface area contributed by atoms with Gasteiger partial charge in [-0.15, -0.1) is 0 Å².